The van der Waals surface area contributed by atoms with Crippen molar-refractivity contribution in [2.45, 2.75) is 39.8 Å². The van der Waals surface area contributed by atoms with E-state index in [-0.39, 0.29) is 0 Å². The van der Waals surface area contributed by atoms with E-state index in [2.05, 4.69) is 48.1 Å². The molecule has 4 nitrogen and oxygen atoms in total. The zero-order valence-electron chi connectivity index (χ0n) is 12.6. The van der Waals surface area contributed by atoms with Crippen molar-refractivity contribution >= 4 is 5.82 Å². The molecule has 0 aliphatic rings. The number of methoxy groups -OCH3 is 1. The Hall–Kier alpha value is -1.13. The molecule has 0 aliphatic heterocycles. The average molecular weight is 265 g/mol. The van der Waals surface area contributed by atoms with Crippen molar-refractivity contribution < 1.29 is 4.74 Å². The van der Waals surface area contributed by atoms with Gasteiger partial charge in [0.15, 0.2) is 0 Å². The van der Waals surface area contributed by atoms with Gasteiger partial charge in [0, 0.05) is 32.8 Å². The first-order chi connectivity index (χ1) is 9.21. The summed E-state index contributed by atoms with van der Waals surface area (Å²) in [6, 6.07) is 6.70. The minimum Gasteiger partial charge on any atom is -0.383 e. The van der Waals surface area contributed by atoms with Crippen LogP contribution in [0.15, 0.2) is 18.2 Å². The minimum absolute atomic E-state index is 0.541. The molecule has 0 saturated heterocycles. The lowest BCUT2D eigenvalue weighted by Gasteiger charge is -2.27. The Morgan fingerprint density at radius 2 is 2.16 bits per heavy atom. The largest absolute Gasteiger partial charge is 0.383 e. The van der Waals surface area contributed by atoms with Gasteiger partial charge in [-0.3, -0.25) is 4.90 Å². The Morgan fingerprint density at radius 1 is 1.37 bits per heavy atom. The number of aromatic nitrogens is 1. The summed E-state index contributed by atoms with van der Waals surface area (Å²) >= 11 is 0. The van der Waals surface area contributed by atoms with Gasteiger partial charge in [-0.05, 0) is 32.4 Å². The molecule has 0 fully saturated rings. The third-order valence-electron chi connectivity index (χ3n) is 3.33. The average Bonchev–Trinajstić information content (AvgIpc) is 2.43. The normalized spacial score (nSPS) is 12.7. The molecule has 0 aliphatic carbocycles. The third-order valence-corrected chi connectivity index (χ3v) is 3.33. The number of hydrogen-bond donors (Lipinski definition) is 1. The van der Waals surface area contributed by atoms with E-state index >= 15 is 0 Å². The van der Waals surface area contributed by atoms with E-state index in [4.69, 9.17) is 4.74 Å². The molecular weight excluding hydrogens is 238 g/mol. The predicted octanol–water partition coefficient (Wildman–Crippen LogP) is 2.76. The molecule has 1 N–H and O–H groups in total. The van der Waals surface area contributed by atoms with E-state index in [1.165, 1.54) is 0 Å². The molecule has 1 rings (SSSR count). The topological polar surface area (TPSA) is 37.4 Å². The number of anilines is 1. The lowest BCUT2D eigenvalue weighted by atomic mass is 10.2. The van der Waals surface area contributed by atoms with Crippen molar-refractivity contribution in [3.8, 4) is 0 Å². The Balaban J connectivity index is 2.68. The second kappa shape index (κ2) is 8.88. The highest BCUT2D eigenvalue weighted by atomic mass is 16.5. The van der Waals surface area contributed by atoms with Crippen LogP contribution in [0, 0.1) is 0 Å². The van der Waals surface area contributed by atoms with Crippen LogP contribution in [0.25, 0.3) is 0 Å². The molecule has 19 heavy (non-hydrogen) atoms. The van der Waals surface area contributed by atoms with Gasteiger partial charge in [0.1, 0.15) is 5.82 Å². The Kier molecular flexibility index (Phi) is 7.45. The lowest BCUT2D eigenvalue weighted by Crippen LogP contribution is -2.35. The van der Waals surface area contributed by atoms with Crippen LogP contribution in [-0.4, -0.2) is 42.7 Å². The molecule has 0 radical (unpaired) electrons. The van der Waals surface area contributed by atoms with Crippen molar-refractivity contribution in [3.63, 3.8) is 0 Å². The second-order valence-electron chi connectivity index (χ2n) is 4.77. The SMILES string of the molecule is CCNc1cccc(CN(CCOC)C(C)CC)n1. The number of nitrogens with zero attached hydrogens (tertiary/aromatic N) is 2. The second-order valence-corrected chi connectivity index (χ2v) is 4.77. The highest BCUT2D eigenvalue weighted by molar-refractivity contribution is 5.34. The minimum atomic E-state index is 0.541. The van der Waals surface area contributed by atoms with E-state index < -0.39 is 0 Å². The molecule has 0 bridgehead atoms. The van der Waals surface area contributed by atoms with Gasteiger partial charge in [-0.25, -0.2) is 4.98 Å². The van der Waals surface area contributed by atoms with Gasteiger partial charge in [0.2, 0.25) is 0 Å². The first-order valence-corrected chi connectivity index (χ1v) is 7.14. The van der Waals surface area contributed by atoms with E-state index in [9.17, 15) is 0 Å². The van der Waals surface area contributed by atoms with Crippen LogP contribution < -0.4 is 5.32 Å². The summed E-state index contributed by atoms with van der Waals surface area (Å²) in [4.78, 5) is 7.05. The van der Waals surface area contributed by atoms with Gasteiger partial charge in [-0.2, -0.15) is 0 Å². The molecule has 4 heteroatoms. The highest BCUT2D eigenvalue weighted by Gasteiger charge is 2.13. The van der Waals surface area contributed by atoms with Crippen LogP contribution >= 0.6 is 0 Å². The van der Waals surface area contributed by atoms with Gasteiger partial charge >= 0.3 is 0 Å². The molecule has 0 amide bonds. The molecule has 108 valence electrons. The summed E-state index contributed by atoms with van der Waals surface area (Å²) < 4.78 is 5.19. The molecule has 0 saturated carbocycles. The highest BCUT2D eigenvalue weighted by Crippen LogP contribution is 2.11. The van der Waals surface area contributed by atoms with Crippen molar-refractivity contribution in [2.24, 2.45) is 0 Å². The third kappa shape index (κ3) is 5.57. The van der Waals surface area contributed by atoms with E-state index in [0.29, 0.717) is 6.04 Å². The molecule has 0 aromatic carbocycles. The maximum Gasteiger partial charge on any atom is 0.126 e. The maximum absolute atomic E-state index is 5.19. The van der Waals surface area contributed by atoms with E-state index in [0.717, 1.165) is 44.2 Å². The maximum atomic E-state index is 5.19. The van der Waals surface area contributed by atoms with Crippen molar-refractivity contribution in [3.05, 3.63) is 23.9 Å². The smallest absolute Gasteiger partial charge is 0.126 e. The Labute approximate surface area is 117 Å². The van der Waals surface area contributed by atoms with Crippen LogP contribution in [0.1, 0.15) is 32.9 Å². The predicted molar refractivity (Wildman–Crippen MR) is 80.4 cm³/mol. The fourth-order valence-electron chi connectivity index (χ4n) is 1.98. The Bertz CT molecular complexity index is 357. The molecule has 1 atom stereocenters. The van der Waals surface area contributed by atoms with Crippen LogP contribution in [0.5, 0.6) is 0 Å². The van der Waals surface area contributed by atoms with Crippen LogP contribution in [0.3, 0.4) is 0 Å². The fraction of sp³-hybridized carbons (Fsp3) is 0.667. The van der Waals surface area contributed by atoms with Crippen molar-refractivity contribution in [1.82, 2.24) is 9.88 Å². The molecule has 1 aromatic heterocycles. The van der Waals surface area contributed by atoms with Crippen molar-refractivity contribution in [1.29, 1.82) is 0 Å². The van der Waals surface area contributed by atoms with Crippen LogP contribution in [-0.2, 0) is 11.3 Å². The fourth-order valence-corrected chi connectivity index (χ4v) is 1.98. The molecule has 1 aromatic rings. The standard InChI is InChI=1S/C15H27N3O/c1-5-13(3)18(10-11-19-4)12-14-8-7-9-15(17-14)16-6-2/h7-9,13H,5-6,10-12H2,1-4H3,(H,16,17). The van der Waals surface area contributed by atoms with Gasteiger partial charge in [-0.15, -0.1) is 0 Å². The summed E-state index contributed by atoms with van der Waals surface area (Å²) in [7, 11) is 1.75. The zero-order valence-corrected chi connectivity index (χ0v) is 12.6. The van der Waals surface area contributed by atoms with Crippen molar-refractivity contribution in [2.75, 3.05) is 32.1 Å². The number of hydrogen-bond acceptors (Lipinski definition) is 4. The number of ether oxygens (including phenoxy) is 1. The summed E-state index contributed by atoms with van der Waals surface area (Å²) in [5.74, 6) is 0.954. The number of rotatable bonds is 9. The molecule has 0 spiro atoms. The summed E-state index contributed by atoms with van der Waals surface area (Å²) in [5, 5.41) is 3.25. The van der Waals surface area contributed by atoms with Gasteiger partial charge in [0.05, 0.1) is 12.3 Å². The van der Waals surface area contributed by atoms with Gasteiger partial charge in [-0.1, -0.05) is 13.0 Å². The van der Waals surface area contributed by atoms with E-state index in [1.54, 1.807) is 7.11 Å². The number of pyridine rings is 1. The van der Waals surface area contributed by atoms with Gasteiger partial charge in [0.25, 0.3) is 0 Å². The summed E-state index contributed by atoms with van der Waals surface area (Å²) in [6.45, 7) is 10.0. The Morgan fingerprint density at radius 3 is 2.79 bits per heavy atom. The van der Waals surface area contributed by atoms with Crippen LogP contribution in [0.4, 0.5) is 5.82 Å². The first kappa shape index (κ1) is 15.9. The molecule has 1 unspecified atom stereocenters. The first-order valence-electron chi connectivity index (χ1n) is 7.14. The van der Waals surface area contributed by atoms with E-state index in [1.807, 2.05) is 6.07 Å². The number of nitrogens with one attached hydrogen (secondary N) is 1. The van der Waals surface area contributed by atoms with Gasteiger partial charge < -0.3 is 10.1 Å². The lowest BCUT2D eigenvalue weighted by molar-refractivity contribution is 0.117. The molecule has 1 heterocycles. The quantitative estimate of drug-likeness (QED) is 0.745. The zero-order chi connectivity index (χ0) is 14.1. The summed E-state index contributed by atoms with van der Waals surface area (Å²) in [6.07, 6.45) is 1.14. The molecular formula is C15H27N3O. The van der Waals surface area contributed by atoms with Crippen LogP contribution in [0.2, 0.25) is 0 Å². The summed E-state index contributed by atoms with van der Waals surface area (Å²) in [5.41, 5.74) is 1.11. The monoisotopic (exact) mass is 265 g/mol.